The number of nitrogens with zero attached hydrogens (tertiary/aromatic N) is 1. The van der Waals surface area contributed by atoms with E-state index < -0.39 is 0 Å². The van der Waals surface area contributed by atoms with Gasteiger partial charge in [-0.3, -0.25) is 14.5 Å². The number of imide groups is 1. The predicted molar refractivity (Wildman–Crippen MR) is 140 cm³/mol. The van der Waals surface area contributed by atoms with Gasteiger partial charge in [0.05, 0.1) is 18.1 Å². The Balaban J connectivity index is 1.32. The minimum Gasteiger partial charge on any atom is -0.493 e. The van der Waals surface area contributed by atoms with Crippen molar-refractivity contribution in [3.05, 3.63) is 69.6 Å². The Kier molecular flexibility index (Phi) is 5.79. The summed E-state index contributed by atoms with van der Waals surface area (Å²) in [5.74, 6) is 3.18. The first kappa shape index (κ1) is 22.9. The van der Waals surface area contributed by atoms with E-state index in [1.807, 2.05) is 44.2 Å². The summed E-state index contributed by atoms with van der Waals surface area (Å²) in [5.41, 5.74) is 4.66. The van der Waals surface area contributed by atoms with Crippen molar-refractivity contribution in [3.8, 4) is 5.75 Å². The van der Waals surface area contributed by atoms with Gasteiger partial charge in [-0.2, -0.15) is 0 Å². The molecule has 2 amide bonds. The Bertz CT molecular complexity index is 1180. The van der Waals surface area contributed by atoms with E-state index in [4.69, 9.17) is 4.74 Å². The highest BCUT2D eigenvalue weighted by atomic mass is 32.2. The molecule has 4 nitrogen and oxygen atoms in total. The first-order chi connectivity index (χ1) is 16.9. The lowest BCUT2D eigenvalue weighted by atomic mass is 9.48. The predicted octanol–water partition coefficient (Wildman–Crippen LogP) is 7.10. The number of benzene rings is 2. The van der Waals surface area contributed by atoms with Crippen LogP contribution in [0.1, 0.15) is 67.7 Å². The first-order valence-electron chi connectivity index (χ1n) is 13.0. The largest absolute Gasteiger partial charge is 0.493 e. The number of thioether (sulfide) groups is 1. The Morgan fingerprint density at radius 3 is 2.37 bits per heavy atom. The molecule has 2 aromatic carbocycles. The van der Waals surface area contributed by atoms with E-state index in [0.29, 0.717) is 18.1 Å². The molecule has 5 aliphatic rings. The van der Waals surface area contributed by atoms with Crippen LogP contribution in [0.4, 0.5) is 4.79 Å². The van der Waals surface area contributed by atoms with Crippen molar-refractivity contribution in [1.82, 2.24) is 4.90 Å². The number of hydrogen-bond donors (Lipinski definition) is 0. The molecule has 0 aromatic heterocycles. The summed E-state index contributed by atoms with van der Waals surface area (Å²) < 4.78 is 5.96. The van der Waals surface area contributed by atoms with Crippen LogP contribution in [0.2, 0.25) is 0 Å². The second-order valence-corrected chi connectivity index (χ2v) is 12.1. The zero-order valence-electron chi connectivity index (χ0n) is 20.6. The number of aryl methyl sites for hydroxylation is 1. The van der Waals surface area contributed by atoms with Crippen LogP contribution >= 0.6 is 11.8 Å². The van der Waals surface area contributed by atoms with E-state index in [0.717, 1.165) is 52.0 Å². The summed E-state index contributed by atoms with van der Waals surface area (Å²) in [4.78, 5) is 27.9. The fourth-order valence-electron chi connectivity index (χ4n) is 7.48. The van der Waals surface area contributed by atoms with Crippen molar-refractivity contribution in [2.45, 2.75) is 64.3 Å². The van der Waals surface area contributed by atoms with Gasteiger partial charge >= 0.3 is 0 Å². The second kappa shape index (κ2) is 8.85. The van der Waals surface area contributed by atoms with Gasteiger partial charge in [-0.25, -0.2) is 0 Å². The maximum absolute atomic E-state index is 13.3. The molecule has 7 rings (SSSR count). The van der Waals surface area contributed by atoms with Crippen LogP contribution in [0, 0.1) is 24.7 Å². The molecule has 4 bridgehead atoms. The van der Waals surface area contributed by atoms with E-state index >= 15 is 0 Å². The lowest BCUT2D eigenvalue weighted by Crippen LogP contribution is -2.48. The van der Waals surface area contributed by atoms with Gasteiger partial charge in [-0.05, 0) is 122 Å². The minimum absolute atomic E-state index is 0.209. The standard InChI is InChI=1S/C30H33NO3S/c1-3-34-26-9-8-25(30-15-20-10-21(16-30)12-22(11-20)17-30)13-24(26)14-27-28(32)31(29(33)35-27)18-23-7-5-4-6-19(23)2/h4-9,13-14,20-22H,3,10-12,15-18H2,1-2H3/b27-14-. The van der Waals surface area contributed by atoms with Crippen LogP contribution in [0.25, 0.3) is 6.08 Å². The molecule has 1 aliphatic heterocycles. The Morgan fingerprint density at radius 1 is 1.03 bits per heavy atom. The van der Waals surface area contributed by atoms with Gasteiger partial charge in [0.25, 0.3) is 11.1 Å². The highest BCUT2D eigenvalue weighted by molar-refractivity contribution is 8.18. The lowest BCUT2D eigenvalue weighted by Gasteiger charge is -2.57. The molecule has 0 atom stereocenters. The summed E-state index contributed by atoms with van der Waals surface area (Å²) in [7, 11) is 0. The highest BCUT2D eigenvalue weighted by Crippen LogP contribution is 2.61. The van der Waals surface area contributed by atoms with Crippen molar-refractivity contribution < 1.29 is 14.3 Å². The van der Waals surface area contributed by atoms with Crippen LogP contribution in [0.15, 0.2) is 47.4 Å². The number of carbonyl (C=O) groups is 2. The van der Waals surface area contributed by atoms with Gasteiger partial charge in [0, 0.05) is 5.56 Å². The third-order valence-electron chi connectivity index (χ3n) is 8.71. The zero-order valence-corrected chi connectivity index (χ0v) is 21.4. The van der Waals surface area contributed by atoms with Crippen LogP contribution in [0.5, 0.6) is 5.75 Å². The molecule has 4 aliphatic carbocycles. The van der Waals surface area contributed by atoms with Gasteiger partial charge in [0.15, 0.2) is 0 Å². The van der Waals surface area contributed by atoms with Crippen LogP contribution < -0.4 is 4.74 Å². The van der Waals surface area contributed by atoms with E-state index in [1.54, 1.807) is 0 Å². The van der Waals surface area contributed by atoms with Gasteiger partial charge in [-0.1, -0.05) is 30.3 Å². The van der Waals surface area contributed by atoms with Gasteiger partial charge in [0.2, 0.25) is 0 Å². The van der Waals surface area contributed by atoms with Crippen molar-refractivity contribution in [3.63, 3.8) is 0 Å². The van der Waals surface area contributed by atoms with Crippen molar-refractivity contribution in [1.29, 1.82) is 0 Å². The number of hydrogen-bond acceptors (Lipinski definition) is 4. The molecule has 0 unspecified atom stereocenters. The SMILES string of the molecule is CCOc1ccc(C23CC4CC(CC(C4)C2)C3)cc1/C=C1\SC(=O)N(Cc2ccccc2C)C1=O. The number of rotatable bonds is 6. The van der Waals surface area contributed by atoms with Crippen molar-refractivity contribution in [2.75, 3.05) is 6.61 Å². The molecule has 2 aromatic rings. The maximum atomic E-state index is 13.3. The van der Waals surface area contributed by atoms with Crippen LogP contribution in [-0.2, 0) is 16.8 Å². The molecule has 0 radical (unpaired) electrons. The fourth-order valence-corrected chi connectivity index (χ4v) is 8.31. The summed E-state index contributed by atoms with van der Waals surface area (Å²) in [5, 5.41) is -0.209. The third-order valence-corrected chi connectivity index (χ3v) is 9.62. The van der Waals surface area contributed by atoms with E-state index in [-0.39, 0.29) is 16.6 Å². The molecule has 0 N–H and O–H groups in total. The van der Waals surface area contributed by atoms with Crippen LogP contribution in [-0.4, -0.2) is 22.7 Å². The van der Waals surface area contributed by atoms with E-state index in [9.17, 15) is 9.59 Å². The lowest BCUT2D eigenvalue weighted by molar-refractivity contribution is -0.123. The number of amides is 2. The maximum Gasteiger partial charge on any atom is 0.293 e. The Morgan fingerprint density at radius 2 is 1.71 bits per heavy atom. The average Bonchev–Trinajstić information content (AvgIpc) is 3.08. The van der Waals surface area contributed by atoms with Gasteiger partial charge in [0.1, 0.15) is 5.75 Å². The first-order valence-corrected chi connectivity index (χ1v) is 13.8. The Labute approximate surface area is 212 Å². The molecular formula is C30H33NO3S. The summed E-state index contributed by atoms with van der Waals surface area (Å²) >= 11 is 1.04. The number of carbonyl (C=O) groups excluding carboxylic acids is 2. The van der Waals surface area contributed by atoms with Crippen molar-refractivity contribution in [2.24, 2.45) is 17.8 Å². The molecule has 5 fully saturated rings. The monoisotopic (exact) mass is 487 g/mol. The molecule has 4 saturated carbocycles. The fraction of sp³-hybridized carbons (Fsp3) is 0.467. The Hall–Kier alpha value is -2.53. The van der Waals surface area contributed by atoms with Crippen LogP contribution in [0.3, 0.4) is 0 Å². The van der Waals surface area contributed by atoms with E-state index in [2.05, 4.69) is 18.2 Å². The number of ether oxygens (including phenoxy) is 1. The quantitative estimate of drug-likeness (QED) is 0.408. The third kappa shape index (κ3) is 4.12. The highest BCUT2D eigenvalue weighted by Gasteiger charge is 2.51. The molecule has 0 spiro atoms. The zero-order chi connectivity index (χ0) is 24.2. The minimum atomic E-state index is -0.217. The molecule has 5 heteroatoms. The second-order valence-electron chi connectivity index (χ2n) is 11.1. The molecule has 1 heterocycles. The molecule has 182 valence electrons. The topological polar surface area (TPSA) is 46.6 Å². The molecular weight excluding hydrogens is 454 g/mol. The normalized spacial score (nSPS) is 30.5. The molecule has 35 heavy (non-hydrogen) atoms. The van der Waals surface area contributed by atoms with Gasteiger partial charge < -0.3 is 4.74 Å². The smallest absolute Gasteiger partial charge is 0.293 e. The summed E-state index contributed by atoms with van der Waals surface area (Å²) in [6.45, 7) is 4.86. The summed E-state index contributed by atoms with van der Waals surface area (Å²) in [6.07, 6.45) is 10.0. The average molecular weight is 488 g/mol. The van der Waals surface area contributed by atoms with E-state index in [1.165, 1.54) is 49.0 Å². The molecule has 1 saturated heterocycles. The summed E-state index contributed by atoms with van der Waals surface area (Å²) in [6, 6.07) is 14.5. The van der Waals surface area contributed by atoms with Gasteiger partial charge in [-0.15, -0.1) is 0 Å². The van der Waals surface area contributed by atoms with Crippen molar-refractivity contribution >= 4 is 29.0 Å².